The van der Waals surface area contributed by atoms with Crippen molar-refractivity contribution in [2.75, 3.05) is 0 Å². The van der Waals surface area contributed by atoms with Gasteiger partial charge in [-0.25, -0.2) is 9.67 Å². The molecule has 0 fully saturated rings. The van der Waals surface area contributed by atoms with Crippen LogP contribution in [0.15, 0.2) is 88.9 Å². The fourth-order valence-corrected chi connectivity index (χ4v) is 3.83. The van der Waals surface area contributed by atoms with Crippen molar-refractivity contribution in [1.29, 1.82) is 0 Å². The fourth-order valence-electron chi connectivity index (χ4n) is 2.75. The molecule has 0 aliphatic heterocycles. The highest BCUT2D eigenvalue weighted by Gasteiger charge is 2.32. The monoisotopic (exact) mass is 431 g/mol. The zero-order chi connectivity index (χ0) is 20.4. The molecule has 146 valence electrons. The fraction of sp³-hybridized carbons (Fsp3) is 0.0476. The molecule has 0 saturated carbocycles. The van der Waals surface area contributed by atoms with Crippen molar-refractivity contribution in [2.24, 2.45) is 0 Å². The Balaban J connectivity index is 1.63. The Bertz CT molecular complexity index is 1130. The van der Waals surface area contributed by atoms with Crippen LogP contribution in [0.25, 0.3) is 17.1 Å². The lowest BCUT2D eigenvalue weighted by Crippen LogP contribution is -2.08. The molecule has 0 aliphatic carbocycles. The van der Waals surface area contributed by atoms with E-state index in [1.54, 1.807) is 24.0 Å². The Labute approximate surface area is 174 Å². The van der Waals surface area contributed by atoms with E-state index in [0.29, 0.717) is 5.69 Å². The Morgan fingerprint density at radius 3 is 2.24 bits per heavy atom. The highest BCUT2D eigenvalue weighted by atomic mass is 35.5. The quantitative estimate of drug-likeness (QED) is 0.357. The average Bonchev–Trinajstić information content (AvgIpc) is 3.18. The molecule has 29 heavy (non-hydrogen) atoms. The Hall–Kier alpha value is -2.77. The molecule has 2 heterocycles. The molecule has 8 heteroatoms. The summed E-state index contributed by atoms with van der Waals surface area (Å²) in [6.45, 7) is 0. The second kappa shape index (κ2) is 7.93. The second-order valence-electron chi connectivity index (χ2n) is 6.09. The number of aromatic nitrogens is 3. The Morgan fingerprint density at radius 2 is 1.59 bits per heavy atom. The second-order valence-corrected chi connectivity index (χ2v) is 7.65. The molecule has 0 aliphatic rings. The lowest BCUT2D eigenvalue weighted by molar-refractivity contribution is -0.137. The highest BCUT2D eigenvalue weighted by molar-refractivity contribution is 7.99. The van der Waals surface area contributed by atoms with Gasteiger partial charge in [-0.05, 0) is 36.4 Å². The van der Waals surface area contributed by atoms with Gasteiger partial charge in [0.2, 0.25) is 0 Å². The van der Waals surface area contributed by atoms with E-state index in [9.17, 15) is 13.2 Å². The third-order valence-corrected chi connectivity index (χ3v) is 5.42. The van der Waals surface area contributed by atoms with Gasteiger partial charge in [0.25, 0.3) is 0 Å². The van der Waals surface area contributed by atoms with Crippen LogP contribution in [-0.2, 0) is 6.18 Å². The molecule has 0 radical (unpaired) electrons. The summed E-state index contributed by atoms with van der Waals surface area (Å²) < 4.78 is 40.0. The molecule has 2 aromatic carbocycles. The van der Waals surface area contributed by atoms with E-state index >= 15 is 0 Å². The first-order chi connectivity index (χ1) is 13.9. The van der Waals surface area contributed by atoms with Crippen LogP contribution in [0.1, 0.15) is 5.56 Å². The first-order valence-electron chi connectivity index (χ1n) is 8.52. The van der Waals surface area contributed by atoms with Gasteiger partial charge in [0.1, 0.15) is 0 Å². The number of hydrogen-bond acceptors (Lipinski definition) is 3. The lowest BCUT2D eigenvalue weighted by atomic mass is 10.1. The molecule has 0 atom stereocenters. The lowest BCUT2D eigenvalue weighted by Gasteiger charge is -2.11. The Morgan fingerprint density at radius 1 is 0.897 bits per heavy atom. The smallest absolute Gasteiger partial charge is 0.235 e. The molecule has 2 aromatic heterocycles. The summed E-state index contributed by atoms with van der Waals surface area (Å²) in [7, 11) is 0. The molecule has 0 N–H and O–H groups in total. The number of hydrogen-bond donors (Lipinski definition) is 0. The van der Waals surface area contributed by atoms with Gasteiger partial charge in [0, 0.05) is 21.6 Å². The largest absolute Gasteiger partial charge is 0.417 e. The predicted octanol–water partition coefficient (Wildman–Crippen LogP) is 6.76. The number of nitrogens with zero attached hydrogens (tertiary/aromatic N) is 3. The molecule has 0 saturated heterocycles. The Kier molecular flexibility index (Phi) is 5.34. The van der Waals surface area contributed by atoms with Crippen LogP contribution in [0.5, 0.6) is 0 Å². The topological polar surface area (TPSA) is 30.7 Å². The van der Waals surface area contributed by atoms with Crippen LogP contribution >= 0.6 is 23.4 Å². The van der Waals surface area contributed by atoms with Crippen molar-refractivity contribution in [1.82, 2.24) is 14.8 Å². The minimum absolute atomic E-state index is 0.124. The minimum Gasteiger partial charge on any atom is -0.235 e. The molecule has 0 unspecified atom stereocenters. The standard InChI is InChI=1S/C21H13ClF3N3S/c22-18-12-15(21(23,24)25)13-26-20(18)28-19(10-11-27-28)14-6-8-17(9-7-14)29-16-4-2-1-3-5-16/h1-13H. The van der Waals surface area contributed by atoms with Crippen molar-refractivity contribution in [3.05, 3.63) is 89.7 Å². The zero-order valence-electron chi connectivity index (χ0n) is 14.8. The molecule has 3 nitrogen and oxygen atoms in total. The summed E-state index contributed by atoms with van der Waals surface area (Å²) in [4.78, 5) is 6.09. The zero-order valence-corrected chi connectivity index (χ0v) is 16.3. The summed E-state index contributed by atoms with van der Waals surface area (Å²) in [6, 6.07) is 20.4. The van der Waals surface area contributed by atoms with Crippen molar-refractivity contribution in [3.63, 3.8) is 0 Å². The first kappa shape index (κ1) is 19.5. The minimum atomic E-state index is -4.51. The van der Waals surface area contributed by atoms with Crippen molar-refractivity contribution >= 4 is 23.4 Å². The van der Waals surface area contributed by atoms with E-state index in [-0.39, 0.29) is 10.8 Å². The van der Waals surface area contributed by atoms with Crippen LogP contribution in [0, 0.1) is 0 Å². The third-order valence-electron chi connectivity index (χ3n) is 4.12. The molecular weight excluding hydrogens is 419 g/mol. The molecule has 0 amide bonds. The molecule has 0 spiro atoms. The maximum Gasteiger partial charge on any atom is 0.417 e. The van der Waals surface area contributed by atoms with Crippen LogP contribution in [0.2, 0.25) is 5.02 Å². The third kappa shape index (κ3) is 4.31. The van der Waals surface area contributed by atoms with Gasteiger partial charge in [0.15, 0.2) is 5.82 Å². The van der Waals surface area contributed by atoms with Gasteiger partial charge in [-0.3, -0.25) is 0 Å². The highest BCUT2D eigenvalue weighted by Crippen LogP contribution is 2.34. The maximum absolute atomic E-state index is 12.9. The molecule has 0 bridgehead atoms. The summed E-state index contributed by atoms with van der Waals surface area (Å²) in [6.07, 6.45) is -2.20. The molecule has 4 aromatic rings. The van der Waals surface area contributed by atoms with E-state index in [4.69, 9.17) is 11.6 Å². The summed E-state index contributed by atoms with van der Waals surface area (Å²) in [5.41, 5.74) is 0.621. The van der Waals surface area contributed by atoms with Crippen molar-refractivity contribution < 1.29 is 13.2 Å². The molecule has 4 rings (SSSR count). The van der Waals surface area contributed by atoms with Crippen LogP contribution in [-0.4, -0.2) is 14.8 Å². The number of rotatable bonds is 4. The van der Waals surface area contributed by atoms with E-state index < -0.39 is 11.7 Å². The normalized spacial score (nSPS) is 11.6. The average molecular weight is 432 g/mol. The van der Waals surface area contributed by atoms with Crippen molar-refractivity contribution in [2.45, 2.75) is 16.0 Å². The SMILES string of the molecule is FC(F)(F)c1cnc(-n2nccc2-c2ccc(Sc3ccccc3)cc2)c(Cl)c1. The number of benzene rings is 2. The van der Waals surface area contributed by atoms with Crippen molar-refractivity contribution in [3.8, 4) is 17.1 Å². The van der Waals surface area contributed by atoms with Crippen LogP contribution in [0.3, 0.4) is 0 Å². The summed E-state index contributed by atoms with van der Waals surface area (Å²) >= 11 is 7.71. The van der Waals surface area contributed by atoms with Gasteiger partial charge in [-0.15, -0.1) is 0 Å². The number of pyridine rings is 1. The van der Waals surface area contributed by atoms with E-state index in [1.807, 2.05) is 54.6 Å². The van der Waals surface area contributed by atoms with E-state index in [1.165, 1.54) is 4.68 Å². The van der Waals surface area contributed by atoms with E-state index in [0.717, 1.165) is 27.6 Å². The summed E-state index contributed by atoms with van der Waals surface area (Å²) in [5, 5.41) is 4.06. The van der Waals surface area contributed by atoms with Gasteiger partial charge in [-0.1, -0.05) is 53.7 Å². The van der Waals surface area contributed by atoms with Gasteiger partial charge < -0.3 is 0 Å². The van der Waals surface area contributed by atoms with Gasteiger partial charge >= 0.3 is 6.18 Å². The number of halogens is 4. The van der Waals surface area contributed by atoms with Gasteiger partial charge in [-0.2, -0.15) is 18.3 Å². The van der Waals surface area contributed by atoms with Gasteiger partial charge in [0.05, 0.1) is 22.5 Å². The van der Waals surface area contributed by atoms with E-state index in [2.05, 4.69) is 10.1 Å². The van der Waals surface area contributed by atoms with Crippen LogP contribution in [0.4, 0.5) is 13.2 Å². The predicted molar refractivity (Wildman–Crippen MR) is 107 cm³/mol. The molecular formula is C21H13ClF3N3S. The maximum atomic E-state index is 12.9. The number of alkyl halides is 3. The van der Waals surface area contributed by atoms with Crippen LogP contribution < -0.4 is 0 Å². The first-order valence-corrected chi connectivity index (χ1v) is 9.72. The summed E-state index contributed by atoms with van der Waals surface area (Å²) in [5.74, 6) is 0.141.